The predicted octanol–water partition coefficient (Wildman–Crippen LogP) is 1.95. The van der Waals surface area contributed by atoms with Gasteiger partial charge < -0.3 is 14.1 Å². The Hall–Kier alpha value is -2.96. The van der Waals surface area contributed by atoms with Crippen molar-refractivity contribution in [2.75, 3.05) is 0 Å². The van der Waals surface area contributed by atoms with Crippen molar-refractivity contribution in [3.63, 3.8) is 0 Å². The summed E-state index contributed by atoms with van der Waals surface area (Å²) in [5.41, 5.74) is 0.827. The summed E-state index contributed by atoms with van der Waals surface area (Å²) in [6, 6.07) is 5.80. The summed E-state index contributed by atoms with van der Waals surface area (Å²) in [6.07, 6.45) is 1.86. The van der Waals surface area contributed by atoms with Crippen molar-refractivity contribution in [3.05, 3.63) is 63.5 Å². The number of rotatable bonds is 3. The maximum absolute atomic E-state index is 12.9. The van der Waals surface area contributed by atoms with Crippen LogP contribution in [0.2, 0.25) is 0 Å². The zero-order valence-corrected chi connectivity index (χ0v) is 11.5. The lowest BCUT2D eigenvalue weighted by Crippen LogP contribution is -2.13. The van der Waals surface area contributed by atoms with Crippen molar-refractivity contribution < 1.29 is 18.7 Å². The van der Waals surface area contributed by atoms with Crippen molar-refractivity contribution >= 4 is 17.2 Å². The molecule has 2 aromatic heterocycles. The fourth-order valence-corrected chi connectivity index (χ4v) is 2.24. The number of halogens is 1. The molecule has 0 amide bonds. The molecule has 0 unspecified atom stereocenters. The summed E-state index contributed by atoms with van der Waals surface area (Å²) in [6.45, 7) is 0. The van der Waals surface area contributed by atoms with E-state index in [0.29, 0.717) is 5.56 Å². The van der Waals surface area contributed by atoms with Crippen LogP contribution in [0.3, 0.4) is 0 Å². The Kier molecular flexibility index (Phi) is 3.25. The van der Waals surface area contributed by atoms with Crippen LogP contribution in [-0.2, 0) is 13.5 Å². The molecule has 0 aliphatic heterocycles. The Labute approximate surface area is 123 Å². The monoisotopic (exact) mass is 302 g/mol. The molecule has 3 aromatic rings. The normalized spacial score (nSPS) is 11.0. The van der Waals surface area contributed by atoms with Crippen LogP contribution in [0.25, 0.3) is 11.2 Å². The predicted molar refractivity (Wildman–Crippen MR) is 75.4 cm³/mol. The van der Waals surface area contributed by atoms with E-state index in [1.807, 2.05) is 0 Å². The second-order valence-corrected chi connectivity index (χ2v) is 4.87. The number of hydrogen-bond donors (Lipinski definition) is 1. The van der Waals surface area contributed by atoms with Gasteiger partial charge in [0.05, 0.1) is 0 Å². The molecule has 0 radical (unpaired) electrons. The van der Waals surface area contributed by atoms with Crippen molar-refractivity contribution in [2.24, 2.45) is 7.05 Å². The third-order valence-corrected chi connectivity index (χ3v) is 3.28. The van der Waals surface area contributed by atoms with Crippen molar-refractivity contribution in [3.8, 4) is 0 Å². The first-order valence-corrected chi connectivity index (χ1v) is 6.42. The number of nitrogens with zero attached hydrogens (tertiary/aromatic N) is 2. The third-order valence-electron chi connectivity index (χ3n) is 3.28. The van der Waals surface area contributed by atoms with Gasteiger partial charge in [0.25, 0.3) is 0 Å². The van der Waals surface area contributed by atoms with E-state index in [0.717, 1.165) is 5.56 Å². The standard InChI is InChI=1S/C15H11FN2O4/c1-18-7-9(6-8-2-4-10(16)5-3-8)11(19)12-13(18)17-14(22-12)15(20)21/h2-5,7H,6H2,1H3,(H,20,21). The summed E-state index contributed by atoms with van der Waals surface area (Å²) < 4.78 is 19.5. The highest BCUT2D eigenvalue weighted by atomic mass is 19.1. The van der Waals surface area contributed by atoms with Gasteiger partial charge in [0.1, 0.15) is 5.82 Å². The highest BCUT2D eigenvalue weighted by Gasteiger charge is 2.18. The minimum Gasteiger partial charge on any atom is -0.474 e. The van der Waals surface area contributed by atoms with Gasteiger partial charge in [-0.25, -0.2) is 9.18 Å². The van der Waals surface area contributed by atoms with Crippen LogP contribution in [0.1, 0.15) is 21.8 Å². The number of hydrogen-bond acceptors (Lipinski definition) is 4. The van der Waals surface area contributed by atoms with Gasteiger partial charge in [0.2, 0.25) is 11.0 Å². The van der Waals surface area contributed by atoms with Crippen LogP contribution >= 0.6 is 0 Å². The summed E-state index contributed by atoms with van der Waals surface area (Å²) in [5, 5.41) is 8.90. The molecule has 0 saturated heterocycles. The van der Waals surface area contributed by atoms with Gasteiger partial charge >= 0.3 is 11.9 Å². The van der Waals surface area contributed by atoms with E-state index in [2.05, 4.69) is 4.98 Å². The largest absolute Gasteiger partial charge is 0.474 e. The molecule has 7 heteroatoms. The van der Waals surface area contributed by atoms with Gasteiger partial charge in [-0.15, -0.1) is 0 Å². The van der Waals surface area contributed by atoms with Gasteiger partial charge in [0.15, 0.2) is 5.65 Å². The summed E-state index contributed by atoms with van der Waals surface area (Å²) in [5.74, 6) is -2.22. The first kappa shape index (κ1) is 14.0. The number of aromatic nitrogens is 2. The van der Waals surface area contributed by atoms with Gasteiger partial charge in [-0.2, -0.15) is 4.98 Å². The molecule has 1 aromatic carbocycles. The molecule has 2 heterocycles. The molecule has 1 N–H and O–H groups in total. The van der Waals surface area contributed by atoms with E-state index in [9.17, 15) is 14.0 Å². The number of carboxylic acids is 1. The summed E-state index contributed by atoms with van der Waals surface area (Å²) >= 11 is 0. The van der Waals surface area contributed by atoms with Crippen molar-refractivity contribution in [1.82, 2.24) is 9.55 Å². The zero-order chi connectivity index (χ0) is 15.9. The molecule has 0 fully saturated rings. The minimum absolute atomic E-state index is 0.0977. The van der Waals surface area contributed by atoms with Crippen LogP contribution < -0.4 is 5.43 Å². The van der Waals surface area contributed by atoms with Crippen LogP contribution in [-0.4, -0.2) is 20.6 Å². The average Bonchev–Trinajstić information content (AvgIpc) is 2.93. The molecule has 22 heavy (non-hydrogen) atoms. The Morgan fingerprint density at radius 1 is 1.36 bits per heavy atom. The van der Waals surface area contributed by atoms with Crippen molar-refractivity contribution in [2.45, 2.75) is 6.42 Å². The molecule has 0 bridgehead atoms. The number of carbonyl (C=O) groups is 1. The number of aromatic carboxylic acids is 1. The van der Waals surface area contributed by atoms with Crippen LogP contribution in [0.5, 0.6) is 0 Å². The number of carboxylic acid groups (broad SMARTS) is 1. The van der Waals surface area contributed by atoms with E-state index < -0.39 is 17.3 Å². The van der Waals surface area contributed by atoms with Gasteiger partial charge in [0, 0.05) is 25.2 Å². The second kappa shape index (κ2) is 5.10. The van der Waals surface area contributed by atoms with Crippen LogP contribution in [0.15, 0.2) is 39.7 Å². The molecular weight excluding hydrogens is 291 g/mol. The molecule has 0 aliphatic carbocycles. The quantitative estimate of drug-likeness (QED) is 0.799. The number of fused-ring (bicyclic) bond motifs is 1. The Morgan fingerprint density at radius 3 is 2.68 bits per heavy atom. The SMILES string of the molecule is Cn1cc(Cc2ccc(F)cc2)c(=O)c2oc(C(=O)O)nc21. The lowest BCUT2D eigenvalue weighted by Gasteiger charge is -2.04. The first-order valence-electron chi connectivity index (χ1n) is 6.42. The fourth-order valence-electron chi connectivity index (χ4n) is 2.24. The highest BCUT2D eigenvalue weighted by Crippen LogP contribution is 2.15. The van der Waals surface area contributed by atoms with E-state index >= 15 is 0 Å². The Bertz CT molecular complexity index is 925. The lowest BCUT2D eigenvalue weighted by atomic mass is 10.1. The van der Waals surface area contributed by atoms with Crippen molar-refractivity contribution in [1.29, 1.82) is 0 Å². The second-order valence-electron chi connectivity index (χ2n) is 4.87. The van der Waals surface area contributed by atoms with Gasteiger partial charge in [-0.1, -0.05) is 12.1 Å². The van der Waals surface area contributed by atoms with E-state index in [4.69, 9.17) is 9.52 Å². The molecule has 0 saturated carbocycles. The average molecular weight is 302 g/mol. The molecule has 112 valence electrons. The smallest absolute Gasteiger partial charge is 0.392 e. The van der Waals surface area contributed by atoms with Crippen LogP contribution in [0, 0.1) is 5.82 Å². The number of aryl methyl sites for hydroxylation is 1. The van der Waals surface area contributed by atoms with E-state index in [-0.39, 0.29) is 23.5 Å². The van der Waals surface area contributed by atoms with Crippen LogP contribution in [0.4, 0.5) is 4.39 Å². The summed E-state index contributed by atoms with van der Waals surface area (Å²) in [7, 11) is 1.64. The topological polar surface area (TPSA) is 85.3 Å². The molecule has 3 rings (SSSR count). The highest BCUT2D eigenvalue weighted by molar-refractivity contribution is 5.85. The molecule has 0 aliphatic rings. The fraction of sp³-hybridized carbons (Fsp3) is 0.133. The third kappa shape index (κ3) is 2.37. The molecule has 0 spiro atoms. The summed E-state index contributed by atoms with van der Waals surface area (Å²) in [4.78, 5) is 27.1. The first-order chi connectivity index (χ1) is 10.5. The maximum Gasteiger partial charge on any atom is 0.392 e. The van der Waals surface area contributed by atoms with E-state index in [1.165, 1.54) is 16.7 Å². The Morgan fingerprint density at radius 2 is 2.05 bits per heavy atom. The molecule has 0 atom stereocenters. The number of oxazole rings is 1. The molecule has 6 nitrogen and oxygen atoms in total. The minimum atomic E-state index is -1.34. The maximum atomic E-state index is 12.9. The zero-order valence-electron chi connectivity index (χ0n) is 11.5. The molecular formula is C15H11FN2O4. The van der Waals surface area contributed by atoms with Gasteiger partial charge in [-0.3, -0.25) is 4.79 Å². The van der Waals surface area contributed by atoms with E-state index in [1.54, 1.807) is 25.4 Å². The lowest BCUT2D eigenvalue weighted by molar-refractivity contribution is 0.0656. The van der Waals surface area contributed by atoms with Gasteiger partial charge in [-0.05, 0) is 17.7 Å². The Balaban J connectivity index is 2.10. The number of benzene rings is 1. The number of pyridine rings is 1.